The molecule has 1 aromatic carbocycles. The van der Waals surface area contributed by atoms with Crippen molar-refractivity contribution in [2.75, 3.05) is 27.0 Å². The molecule has 2 heterocycles. The van der Waals surface area contributed by atoms with E-state index in [2.05, 4.69) is 27.1 Å². The largest absolute Gasteiger partial charge is 0.492 e. The van der Waals surface area contributed by atoms with Gasteiger partial charge in [0.15, 0.2) is 17.5 Å². The van der Waals surface area contributed by atoms with Crippen LogP contribution in [0, 0.1) is 0 Å². The lowest BCUT2D eigenvalue weighted by Gasteiger charge is -2.12. The Bertz CT molecular complexity index is 665. The zero-order valence-corrected chi connectivity index (χ0v) is 16.4. The van der Waals surface area contributed by atoms with E-state index < -0.39 is 0 Å². The molecule has 2 N–H and O–H groups in total. The Labute approximate surface area is 162 Å². The number of fused-ring (bicyclic) bond motifs is 1. The van der Waals surface area contributed by atoms with Crippen LogP contribution in [0.1, 0.15) is 4.88 Å². The molecule has 8 heteroatoms. The second-order valence-electron chi connectivity index (χ2n) is 4.80. The second kappa shape index (κ2) is 9.58. The zero-order valence-electron chi connectivity index (χ0n) is 13.3. The maximum atomic E-state index is 5.70. The lowest BCUT2D eigenvalue weighted by molar-refractivity contribution is 0.173. The molecule has 2 aromatic rings. The quantitative estimate of drug-likeness (QED) is 0.300. The minimum atomic E-state index is 0. The van der Waals surface area contributed by atoms with Gasteiger partial charge in [0.25, 0.3) is 0 Å². The molecule has 0 amide bonds. The molecule has 6 nitrogen and oxygen atoms in total. The number of benzene rings is 1. The van der Waals surface area contributed by atoms with Crippen LogP contribution >= 0.6 is 35.3 Å². The fraction of sp³-hybridized carbons (Fsp3) is 0.312. The fourth-order valence-corrected chi connectivity index (χ4v) is 2.75. The smallest absolute Gasteiger partial charge is 0.231 e. The molecule has 0 fully saturated rings. The van der Waals surface area contributed by atoms with Crippen molar-refractivity contribution in [3.05, 3.63) is 40.6 Å². The van der Waals surface area contributed by atoms with Crippen LogP contribution in [0.15, 0.2) is 40.7 Å². The highest BCUT2D eigenvalue weighted by Gasteiger charge is 2.13. The Morgan fingerprint density at radius 3 is 2.92 bits per heavy atom. The summed E-state index contributed by atoms with van der Waals surface area (Å²) in [6.45, 7) is 2.21. The van der Waals surface area contributed by atoms with Crippen molar-refractivity contribution in [1.29, 1.82) is 0 Å². The lowest BCUT2D eigenvalue weighted by atomic mass is 10.3. The first-order valence-electron chi connectivity index (χ1n) is 7.34. The number of nitrogens with one attached hydrogen (secondary N) is 2. The van der Waals surface area contributed by atoms with Crippen LogP contribution in [0.5, 0.6) is 17.2 Å². The zero-order chi connectivity index (χ0) is 15.9. The number of ether oxygens (including phenoxy) is 3. The summed E-state index contributed by atoms with van der Waals surface area (Å²) in [6, 6.07) is 9.70. The van der Waals surface area contributed by atoms with Crippen molar-refractivity contribution in [2.24, 2.45) is 4.99 Å². The molecule has 0 unspecified atom stereocenters. The molecular weight excluding hydrogens is 441 g/mol. The average molecular weight is 461 g/mol. The van der Waals surface area contributed by atoms with Crippen molar-refractivity contribution >= 4 is 41.3 Å². The van der Waals surface area contributed by atoms with Gasteiger partial charge in [0.2, 0.25) is 6.79 Å². The predicted octanol–water partition coefficient (Wildman–Crippen LogP) is 2.84. The van der Waals surface area contributed by atoms with Gasteiger partial charge in [0.1, 0.15) is 12.4 Å². The van der Waals surface area contributed by atoms with Crippen LogP contribution in [0.2, 0.25) is 0 Å². The van der Waals surface area contributed by atoms with Crippen LogP contribution in [-0.2, 0) is 6.54 Å². The Morgan fingerprint density at radius 1 is 1.25 bits per heavy atom. The third-order valence-electron chi connectivity index (χ3n) is 3.24. The molecule has 0 spiro atoms. The Balaban J connectivity index is 0.00000208. The topological polar surface area (TPSA) is 64.1 Å². The van der Waals surface area contributed by atoms with Gasteiger partial charge < -0.3 is 24.8 Å². The first-order chi connectivity index (χ1) is 11.3. The van der Waals surface area contributed by atoms with Crippen LogP contribution in [0.4, 0.5) is 0 Å². The van der Waals surface area contributed by atoms with E-state index in [9.17, 15) is 0 Å². The van der Waals surface area contributed by atoms with Crippen LogP contribution in [-0.4, -0.2) is 33.0 Å². The SMILES string of the molecule is CN=C(NCCOc1ccc2c(c1)OCO2)NCc1cccs1.I. The average Bonchev–Trinajstić information content (AvgIpc) is 3.25. The van der Waals surface area contributed by atoms with Gasteiger partial charge in [-0.3, -0.25) is 4.99 Å². The second-order valence-corrected chi connectivity index (χ2v) is 5.83. The number of guanidine groups is 1. The van der Waals surface area contributed by atoms with E-state index in [-0.39, 0.29) is 30.8 Å². The van der Waals surface area contributed by atoms with E-state index in [1.54, 1.807) is 18.4 Å². The van der Waals surface area contributed by atoms with Gasteiger partial charge in [-0.15, -0.1) is 35.3 Å². The highest BCUT2D eigenvalue weighted by atomic mass is 127. The molecule has 1 aromatic heterocycles. The Kier molecular flexibility index (Phi) is 7.44. The summed E-state index contributed by atoms with van der Waals surface area (Å²) in [7, 11) is 1.75. The highest BCUT2D eigenvalue weighted by Crippen LogP contribution is 2.34. The maximum absolute atomic E-state index is 5.70. The van der Waals surface area contributed by atoms with E-state index in [1.807, 2.05) is 24.3 Å². The highest BCUT2D eigenvalue weighted by molar-refractivity contribution is 14.0. The molecule has 1 aliphatic heterocycles. The summed E-state index contributed by atoms with van der Waals surface area (Å²) in [5.74, 6) is 3.00. The number of thiophene rings is 1. The molecule has 1 aliphatic rings. The third-order valence-corrected chi connectivity index (χ3v) is 4.12. The Hall–Kier alpha value is -1.68. The molecule has 0 saturated carbocycles. The fourth-order valence-electron chi connectivity index (χ4n) is 2.11. The number of hydrogen-bond acceptors (Lipinski definition) is 5. The molecule has 130 valence electrons. The van der Waals surface area contributed by atoms with Gasteiger partial charge in [0.05, 0.1) is 13.1 Å². The summed E-state index contributed by atoms with van der Waals surface area (Å²) < 4.78 is 16.3. The van der Waals surface area contributed by atoms with Crippen molar-refractivity contribution in [3.63, 3.8) is 0 Å². The number of nitrogens with zero attached hydrogens (tertiary/aromatic N) is 1. The van der Waals surface area contributed by atoms with Gasteiger partial charge in [-0.1, -0.05) is 6.07 Å². The minimum Gasteiger partial charge on any atom is -0.492 e. The minimum absolute atomic E-state index is 0. The van der Waals surface area contributed by atoms with E-state index >= 15 is 0 Å². The molecule has 24 heavy (non-hydrogen) atoms. The van der Waals surface area contributed by atoms with E-state index in [4.69, 9.17) is 14.2 Å². The van der Waals surface area contributed by atoms with Gasteiger partial charge in [-0.05, 0) is 23.6 Å². The molecule has 0 saturated heterocycles. The first-order valence-corrected chi connectivity index (χ1v) is 8.22. The van der Waals surface area contributed by atoms with Gasteiger partial charge in [-0.25, -0.2) is 0 Å². The first kappa shape index (κ1) is 18.7. The normalized spacial score (nSPS) is 12.5. The summed E-state index contributed by atoms with van der Waals surface area (Å²) in [5, 5.41) is 8.54. The van der Waals surface area contributed by atoms with Gasteiger partial charge in [0, 0.05) is 18.0 Å². The molecule has 0 atom stereocenters. The summed E-state index contributed by atoms with van der Waals surface area (Å²) >= 11 is 1.72. The van der Waals surface area contributed by atoms with Gasteiger partial charge >= 0.3 is 0 Å². The van der Waals surface area contributed by atoms with E-state index in [1.165, 1.54) is 4.88 Å². The monoisotopic (exact) mass is 461 g/mol. The third kappa shape index (κ3) is 5.17. The molecule has 0 bridgehead atoms. The summed E-state index contributed by atoms with van der Waals surface area (Å²) in [6.07, 6.45) is 0. The van der Waals surface area contributed by atoms with Gasteiger partial charge in [-0.2, -0.15) is 0 Å². The number of aliphatic imine (C=N–C) groups is 1. The number of rotatable bonds is 6. The standard InChI is InChI=1S/C16H19N3O3S.HI/c1-17-16(19-10-13-3-2-8-23-13)18-6-7-20-12-4-5-14-15(9-12)22-11-21-14;/h2-5,8-9H,6-7,10-11H2,1H3,(H2,17,18,19);1H. The van der Waals surface area contributed by atoms with Crippen LogP contribution in [0.25, 0.3) is 0 Å². The summed E-state index contributed by atoms with van der Waals surface area (Å²) in [4.78, 5) is 5.45. The molecule has 0 radical (unpaired) electrons. The number of hydrogen-bond donors (Lipinski definition) is 2. The summed E-state index contributed by atoms with van der Waals surface area (Å²) in [5.41, 5.74) is 0. The Morgan fingerprint density at radius 2 is 2.12 bits per heavy atom. The van der Waals surface area contributed by atoms with Crippen molar-refractivity contribution in [3.8, 4) is 17.2 Å². The molecule has 3 rings (SSSR count). The van der Waals surface area contributed by atoms with Crippen molar-refractivity contribution < 1.29 is 14.2 Å². The van der Waals surface area contributed by atoms with E-state index in [0.29, 0.717) is 13.2 Å². The maximum Gasteiger partial charge on any atom is 0.231 e. The molecule has 0 aliphatic carbocycles. The number of halogens is 1. The van der Waals surface area contributed by atoms with Crippen molar-refractivity contribution in [1.82, 2.24) is 10.6 Å². The molecular formula is C16H20IN3O3S. The van der Waals surface area contributed by atoms with Crippen LogP contribution in [0.3, 0.4) is 0 Å². The van der Waals surface area contributed by atoms with E-state index in [0.717, 1.165) is 29.8 Å². The van der Waals surface area contributed by atoms with Crippen molar-refractivity contribution in [2.45, 2.75) is 6.54 Å². The van der Waals surface area contributed by atoms with Crippen LogP contribution < -0.4 is 24.8 Å². The lowest BCUT2D eigenvalue weighted by Crippen LogP contribution is -2.38. The predicted molar refractivity (Wildman–Crippen MR) is 106 cm³/mol.